The summed E-state index contributed by atoms with van der Waals surface area (Å²) < 4.78 is 6.83. The number of hydrogen-bond donors (Lipinski definition) is 1. The van der Waals surface area contributed by atoms with E-state index in [9.17, 15) is 4.79 Å². The molecule has 0 saturated carbocycles. The van der Waals surface area contributed by atoms with E-state index >= 15 is 0 Å². The predicted molar refractivity (Wildman–Crippen MR) is 89.6 cm³/mol. The molecule has 3 rings (SSSR count). The van der Waals surface area contributed by atoms with Crippen LogP contribution in [-0.2, 0) is 0 Å². The molecule has 7 heteroatoms. The highest BCUT2D eigenvalue weighted by atomic mass is 16.5. The number of hydrogen-bond acceptors (Lipinski definition) is 5. The van der Waals surface area contributed by atoms with Gasteiger partial charge in [0.2, 0.25) is 0 Å². The number of aromatic nitrogens is 4. The summed E-state index contributed by atoms with van der Waals surface area (Å²) in [6.45, 7) is 3.99. The van der Waals surface area contributed by atoms with Crippen LogP contribution < -0.4 is 10.1 Å². The average molecular weight is 323 g/mol. The molecule has 0 aliphatic carbocycles. The van der Waals surface area contributed by atoms with Gasteiger partial charge in [-0.25, -0.2) is 0 Å². The first-order valence-corrected chi connectivity index (χ1v) is 7.39. The molecule has 24 heavy (non-hydrogen) atoms. The number of aryl methyl sites for hydroxylation is 1. The molecule has 0 saturated heterocycles. The molecule has 0 aliphatic heterocycles. The quantitative estimate of drug-likeness (QED) is 0.798. The van der Waals surface area contributed by atoms with E-state index < -0.39 is 0 Å². The lowest BCUT2D eigenvalue weighted by Gasteiger charge is -2.12. The van der Waals surface area contributed by atoms with Gasteiger partial charge in [0.1, 0.15) is 17.8 Å². The van der Waals surface area contributed by atoms with Crippen LogP contribution >= 0.6 is 0 Å². The SMILES string of the molecule is COc1cc(C(=O)Nc2cccc(C)c2C)ccc1-n1cnnn1. The molecule has 1 N–H and O–H groups in total. The van der Waals surface area contributed by atoms with Gasteiger partial charge >= 0.3 is 0 Å². The minimum absolute atomic E-state index is 0.203. The van der Waals surface area contributed by atoms with Gasteiger partial charge in [0, 0.05) is 11.3 Å². The van der Waals surface area contributed by atoms with Gasteiger partial charge in [-0.3, -0.25) is 4.79 Å². The molecular weight excluding hydrogens is 306 g/mol. The lowest BCUT2D eigenvalue weighted by Crippen LogP contribution is -2.13. The van der Waals surface area contributed by atoms with Crippen LogP contribution in [0.1, 0.15) is 21.5 Å². The second kappa shape index (κ2) is 6.49. The van der Waals surface area contributed by atoms with Gasteiger partial charge < -0.3 is 10.1 Å². The Morgan fingerprint density at radius 3 is 2.75 bits per heavy atom. The summed E-state index contributed by atoms with van der Waals surface area (Å²) in [4.78, 5) is 12.5. The van der Waals surface area contributed by atoms with Crippen molar-refractivity contribution in [3.63, 3.8) is 0 Å². The van der Waals surface area contributed by atoms with Crippen molar-refractivity contribution in [2.45, 2.75) is 13.8 Å². The fraction of sp³-hybridized carbons (Fsp3) is 0.176. The van der Waals surface area contributed by atoms with Gasteiger partial charge in [0.05, 0.1) is 7.11 Å². The number of nitrogens with one attached hydrogen (secondary N) is 1. The number of amides is 1. The van der Waals surface area contributed by atoms with E-state index in [-0.39, 0.29) is 5.91 Å². The topological polar surface area (TPSA) is 81.9 Å². The lowest BCUT2D eigenvalue weighted by molar-refractivity contribution is 0.102. The largest absolute Gasteiger partial charge is 0.494 e. The van der Waals surface area contributed by atoms with Crippen molar-refractivity contribution in [1.82, 2.24) is 20.2 Å². The Labute approximate surface area is 139 Å². The predicted octanol–water partition coefficient (Wildman–Crippen LogP) is 2.54. The molecule has 2 aromatic carbocycles. The third kappa shape index (κ3) is 2.96. The van der Waals surface area contributed by atoms with E-state index in [0.717, 1.165) is 16.8 Å². The maximum absolute atomic E-state index is 12.5. The summed E-state index contributed by atoms with van der Waals surface area (Å²) in [5.41, 5.74) is 4.11. The van der Waals surface area contributed by atoms with E-state index in [4.69, 9.17) is 4.74 Å². The van der Waals surface area contributed by atoms with Crippen LogP contribution in [0.5, 0.6) is 5.75 Å². The smallest absolute Gasteiger partial charge is 0.255 e. The third-order valence-electron chi connectivity index (χ3n) is 3.89. The standard InChI is InChI=1S/C17H17N5O2/c1-11-5-4-6-14(12(11)2)19-17(23)13-7-8-15(16(9-13)24-3)22-10-18-20-21-22/h4-10H,1-3H3,(H,19,23). The van der Waals surface area contributed by atoms with Crippen molar-refractivity contribution in [1.29, 1.82) is 0 Å². The maximum Gasteiger partial charge on any atom is 0.255 e. The summed E-state index contributed by atoms with van der Waals surface area (Å²) in [6.07, 6.45) is 1.47. The van der Waals surface area contributed by atoms with Gasteiger partial charge in [0.25, 0.3) is 5.91 Å². The minimum atomic E-state index is -0.203. The van der Waals surface area contributed by atoms with Gasteiger partial charge in [-0.15, -0.1) is 5.10 Å². The molecule has 0 radical (unpaired) electrons. The van der Waals surface area contributed by atoms with Gasteiger partial charge in [-0.2, -0.15) is 4.68 Å². The molecule has 7 nitrogen and oxygen atoms in total. The molecule has 0 unspecified atom stereocenters. The lowest BCUT2D eigenvalue weighted by atomic mass is 10.1. The molecule has 3 aromatic rings. The second-order valence-electron chi connectivity index (χ2n) is 5.34. The minimum Gasteiger partial charge on any atom is -0.494 e. The van der Waals surface area contributed by atoms with E-state index in [1.807, 2.05) is 32.0 Å². The molecular formula is C17H17N5O2. The third-order valence-corrected chi connectivity index (χ3v) is 3.89. The van der Waals surface area contributed by atoms with Crippen LogP contribution in [0.25, 0.3) is 5.69 Å². The zero-order valence-electron chi connectivity index (χ0n) is 13.6. The van der Waals surface area contributed by atoms with Crippen LogP contribution in [0.15, 0.2) is 42.7 Å². The maximum atomic E-state index is 12.5. The number of carbonyl (C=O) groups is 1. The van der Waals surface area contributed by atoms with E-state index in [1.165, 1.54) is 18.1 Å². The summed E-state index contributed by atoms with van der Waals surface area (Å²) in [7, 11) is 1.54. The summed E-state index contributed by atoms with van der Waals surface area (Å²) in [5, 5.41) is 14.0. The monoisotopic (exact) mass is 323 g/mol. The summed E-state index contributed by atoms with van der Waals surface area (Å²) >= 11 is 0. The van der Waals surface area contributed by atoms with Gasteiger partial charge in [-0.05, 0) is 59.7 Å². The first-order valence-electron chi connectivity index (χ1n) is 7.39. The molecule has 1 heterocycles. The molecule has 0 spiro atoms. The van der Waals surface area contributed by atoms with Crippen LogP contribution in [0.2, 0.25) is 0 Å². The van der Waals surface area contributed by atoms with Gasteiger partial charge in [-0.1, -0.05) is 12.1 Å². The molecule has 1 amide bonds. The second-order valence-corrected chi connectivity index (χ2v) is 5.34. The highest BCUT2D eigenvalue weighted by molar-refractivity contribution is 6.05. The molecule has 0 bridgehead atoms. The fourth-order valence-corrected chi connectivity index (χ4v) is 2.36. The molecule has 0 atom stereocenters. The van der Waals surface area contributed by atoms with Crippen LogP contribution in [0.4, 0.5) is 5.69 Å². The summed E-state index contributed by atoms with van der Waals surface area (Å²) in [6, 6.07) is 10.9. The van der Waals surface area contributed by atoms with E-state index in [0.29, 0.717) is 17.0 Å². The number of tetrazole rings is 1. The van der Waals surface area contributed by atoms with Gasteiger partial charge in [0.15, 0.2) is 0 Å². The number of benzene rings is 2. The first-order chi connectivity index (χ1) is 11.6. The molecule has 122 valence electrons. The van der Waals surface area contributed by atoms with Crippen molar-refractivity contribution >= 4 is 11.6 Å². The Kier molecular flexibility index (Phi) is 4.24. The number of anilines is 1. The van der Waals surface area contributed by atoms with Crippen molar-refractivity contribution in [3.05, 3.63) is 59.4 Å². The summed E-state index contributed by atoms with van der Waals surface area (Å²) in [5.74, 6) is 0.307. The first kappa shape index (κ1) is 15.7. The Bertz CT molecular complexity index is 875. The van der Waals surface area contributed by atoms with Crippen molar-refractivity contribution < 1.29 is 9.53 Å². The normalized spacial score (nSPS) is 10.5. The zero-order chi connectivity index (χ0) is 17.1. The van der Waals surface area contributed by atoms with Crippen molar-refractivity contribution in [3.8, 4) is 11.4 Å². The number of methoxy groups -OCH3 is 1. The fourth-order valence-electron chi connectivity index (χ4n) is 2.36. The molecule has 0 aliphatic rings. The highest BCUT2D eigenvalue weighted by Gasteiger charge is 2.13. The van der Waals surface area contributed by atoms with E-state index in [2.05, 4.69) is 20.8 Å². The zero-order valence-corrected chi connectivity index (χ0v) is 13.6. The number of ether oxygens (including phenoxy) is 1. The Morgan fingerprint density at radius 1 is 1.21 bits per heavy atom. The Hall–Kier alpha value is -3.22. The Morgan fingerprint density at radius 2 is 2.04 bits per heavy atom. The van der Waals surface area contributed by atoms with Crippen molar-refractivity contribution in [2.75, 3.05) is 12.4 Å². The number of nitrogens with zero attached hydrogens (tertiary/aromatic N) is 4. The Balaban J connectivity index is 1.89. The van der Waals surface area contributed by atoms with Crippen LogP contribution in [-0.4, -0.2) is 33.2 Å². The molecule has 0 fully saturated rings. The average Bonchev–Trinajstić information content (AvgIpc) is 3.12. The number of rotatable bonds is 4. The van der Waals surface area contributed by atoms with Crippen LogP contribution in [0.3, 0.4) is 0 Å². The van der Waals surface area contributed by atoms with Crippen LogP contribution in [0, 0.1) is 13.8 Å². The number of carbonyl (C=O) groups excluding carboxylic acids is 1. The molecule has 1 aromatic heterocycles. The highest BCUT2D eigenvalue weighted by Crippen LogP contribution is 2.24. The van der Waals surface area contributed by atoms with E-state index in [1.54, 1.807) is 18.2 Å². The van der Waals surface area contributed by atoms with Crippen molar-refractivity contribution in [2.24, 2.45) is 0 Å².